The number of benzene rings is 1. The third kappa shape index (κ3) is 6.11. The number of carboxylic acids is 1. The summed E-state index contributed by atoms with van der Waals surface area (Å²) < 4.78 is 11.7. The van der Waals surface area contributed by atoms with E-state index in [1.54, 1.807) is 11.9 Å². The van der Waals surface area contributed by atoms with E-state index in [4.69, 9.17) is 14.6 Å². The number of ether oxygens (including phenoxy) is 2. The van der Waals surface area contributed by atoms with E-state index < -0.39 is 5.97 Å². The Morgan fingerprint density at radius 2 is 2.25 bits per heavy atom. The summed E-state index contributed by atoms with van der Waals surface area (Å²) in [5, 5.41) is 8.82. The number of carbonyl (C=O) groups is 1. The summed E-state index contributed by atoms with van der Waals surface area (Å²) in [5.74, 6) is 0.132. The van der Waals surface area contributed by atoms with Gasteiger partial charge in [0.25, 0.3) is 0 Å². The van der Waals surface area contributed by atoms with Gasteiger partial charge in [-0.05, 0) is 38.1 Å². The van der Waals surface area contributed by atoms with E-state index in [0.29, 0.717) is 19.8 Å². The highest BCUT2D eigenvalue weighted by Gasteiger charge is 2.22. The van der Waals surface area contributed by atoms with E-state index in [1.807, 2.05) is 0 Å². The minimum Gasteiger partial charge on any atom is -0.492 e. The van der Waals surface area contributed by atoms with E-state index >= 15 is 0 Å². The SMILES string of the molecule is Cc1ccc(C)c(OCCN2CCOC(CN(C)CC(=O)O)C2)c1. The molecule has 1 heterocycles. The summed E-state index contributed by atoms with van der Waals surface area (Å²) in [4.78, 5) is 14.8. The highest BCUT2D eigenvalue weighted by Crippen LogP contribution is 2.19. The molecule has 24 heavy (non-hydrogen) atoms. The maximum absolute atomic E-state index is 10.7. The van der Waals surface area contributed by atoms with Crippen LogP contribution in [0.1, 0.15) is 11.1 Å². The number of rotatable bonds is 8. The first-order chi connectivity index (χ1) is 11.4. The number of hydrogen-bond donors (Lipinski definition) is 1. The molecule has 1 aromatic carbocycles. The Kier molecular flexibility index (Phi) is 7.02. The van der Waals surface area contributed by atoms with Gasteiger partial charge in [-0.25, -0.2) is 0 Å². The van der Waals surface area contributed by atoms with Gasteiger partial charge in [-0.1, -0.05) is 12.1 Å². The standard InChI is InChI=1S/C18H28N2O4/c1-14-4-5-15(2)17(10-14)24-9-7-20-6-8-23-16(12-20)11-19(3)13-18(21)22/h4-5,10,16H,6-9,11-13H2,1-3H3,(H,21,22). The normalized spacial score (nSPS) is 18.8. The van der Waals surface area contributed by atoms with Crippen LogP contribution in [0.4, 0.5) is 0 Å². The van der Waals surface area contributed by atoms with Crippen molar-refractivity contribution in [2.24, 2.45) is 0 Å². The molecule has 1 aromatic rings. The Labute approximate surface area is 144 Å². The van der Waals surface area contributed by atoms with Gasteiger partial charge in [0.05, 0.1) is 19.3 Å². The second kappa shape index (κ2) is 9.01. The van der Waals surface area contributed by atoms with E-state index in [2.05, 4.69) is 36.9 Å². The van der Waals surface area contributed by atoms with Crippen LogP contribution >= 0.6 is 0 Å². The summed E-state index contributed by atoms with van der Waals surface area (Å²) in [5.41, 5.74) is 2.35. The molecule has 0 saturated carbocycles. The maximum Gasteiger partial charge on any atom is 0.317 e. The number of nitrogens with zero attached hydrogens (tertiary/aromatic N) is 2. The Bertz CT molecular complexity index is 550. The lowest BCUT2D eigenvalue weighted by atomic mass is 10.1. The summed E-state index contributed by atoms with van der Waals surface area (Å²) in [7, 11) is 1.81. The third-order valence-corrected chi connectivity index (χ3v) is 4.15. The molecule has 0 spiro atoms. The fraction of sp³-hybridized carbons (Fsp3) is 0.611. The maximum atomic E-state index is 10.7. The van der Waals surface area contributed by atoms with Crippen LogP contribution in [-0.2, 0) is 9.53 Å². The van der Waals surface area contributed by atoms with Crippen LogP contribution in [0.5, 0.6) is 5.75 Å². The molecule has 1 atom stereocenters. The van der Waals surface area contributed by atoms with Crippen LogP contribution < -0.4 is 4.74 Å². The monoisotopic (exact) mass is 336 g/mol. The van der Waals surface area contributed by atoms with Crippen molar-refractivity contribution in [1.29, 1.82) is 0 Å². The van der Waals surface area contributed by atoms with Crippen LogP contribution in [0.25, 0.3) is 0 Å². The van der Waals surface area contributed by atoms with Crippen LogP contribution in [0, 0.1) is 13.8 Å². The fourth-order valence-corrected chi connectivity index (χ4v) is 2.88. The predicted octanol–water partition coefficient (Wildman–Crippen LogP) is 1.40. The topological polar surface area (TPSA) is 62.2 Å². The van der Waals surface area contributed by atoms with E-state index in [9.17, 15) is 4.79 Å². The van der Waals surface area contributed by atoms with Crippen molar-refractivity contribution in [1.82, 2.24) is 9.80 Å². The first-order valence-corrected chi connectivity index (χ1v) is 8.38. The van der Waals surface area contributed by atoms with Gasteiger partial charge < -0.3 is 14.6 Å². The van der Waals surface area contributed by atoms with Gasteiger partial charge in [-0.3, -0.25) is 14.6 Å². The molecule has 2 rings (SSSR count). The van der Waals surface area contributed by atoms with Crippen LogP contribution in [0.3, 0.4) is 0 Å². The molecule has 0 amide bonds. The van der Waals surface area contributed by atoms with E-state index in [-0.39, 0.29) is 12.6 Å². The van der Waals surface area contributed by atoms with Gasteiger partial charge in [0.2, 0.25) is 0 Å². The lowest BCUT2D eigenvalue weighted by Crippen LogP contribution is -2.48. The predicted molar refractivity (Wildman–Crippen MR) is 92.7 cm³/mol. The zero-order valence-corrected chi connectivity index (χ0v) is 14.8. The van der Waals surface area contributed by atoms with Crippen LogP contribution in [0.15, 0.2) is 18.2 Å². The molecule has 0 radical (unpaired) electrons. The molecule has 1 fully saturated rings. The van der Waals surface area contributed by atoms with E-state index in [0.717, 1.165) is 30.9 Å². The number of morpholine rings is 1. The van der Waals surface area contributed by atoms with Gasteiger partial charge in [0.1, 0.15) is 12.4 Å². The zero-order chi connectivity index (χ0) is 17.5. The molecule has 1 N–H and O–H groups in total. The minimum atomic E-state index is -0.813. The van der Waals surface area contributed by atoms with Crippen molar-refractivity contribution in [3.63, 3.8) is 0 Å². The third-order valence-electron chi connectivity index (χ3n) is 4.15. The largest absolute Gasteiger partial charge is 0.492 e. The lowest BCUT2D eigenvalue weighted by molar-refractivity contribution is -0.138. The van der Waals surface area contributed by atoms with Crippen molar-refractivity contribution < 1.29 is 19.4 Å². The van der Waals surface area contributed by atoms with Gasteiger partial charge >= 0.3 is 5.97 Å². The second-order valence-electron chi connectivity index (χ2n) is 6.50. The van der Waals surface area contributed by atoms with Gasteiger partial charge in [-0.15, -0.1) is 0 Å². The smallest absolute Gasteiger partial charge is 0.317 e. The molecule has 6 nitrogen and oxygen atoms in total. The highest BCUT2D eigenvalue weighted by atomic mass is 16.5. The molecule has 0 aliphatic carbocycles. The van der Waals surface area contributed by atoms with Crippen LogP contribution in [0.2, 0.25) is 0 Å². The Hall–Kier alpha value is -1.63. The van der Waals surface area contributed by atoms with Crippen molar-refractivity contribution in [2.45, 2.75) is 20.0 Å². The number of carboxylic acid groups (broad SMARTS) is 1. The van der Waals surface area contributed by atoms with Crippen LogP contribution in [-0.4, -0.2) is 80.0 Å². The minimum absolute atomic E-state index is 0.0373. The number of hydrogen-bond acceptors (Lipinski definition) is 5. The van der Waals surface area contributed by atoms with Gasteiger partial charge in [-0.2, -0.15) is 0 Å². The molecule has 1 saturated heterocycles. The number of aliphatic carboxylic acids is 1. The number of likely N-dealkylation sites (N-methyl/N-ethyl adjacent to an activating group) is 1. The molecular formula is C18H28N2O4. The molecule has 1 aliphatic rings. The average molecular weight is 336 g/mol. The Morgan fingerprint density at radius 3 is 3.00 bits per heavy atom. The van der Waals surface area contributed by atoms with Crippen molar-refractivity contribution >= 4 is 5.97 Å². The van der Waals surface area contributed by atoms with E-state index in [1.165, 1.54) is 5.56 Å². The zero-order valence-electron chi connectivity index (χ0n) is 14.8. The summed E-state index contributed by atoms with van der Waals surface area (Å²) >= 11 is 0. The second-order valence-corrected chi connectivity index (χ2v) is 6.50. The molecular weight excluding hydrogens is 308 g/mol. The number of aryl methyl sites for hydroxylation is 2. The van der Waals surface area contributed by atoms with Crippen molar-refractivity contribution in [3.8, 4) is 5.75 Å². The molecule has 0 bridgehead atoms. The Morgan fingerprint density at radius 1 is 1.46 bits per heavy atom. The van der Waals surface area contributed by atoms with Crippen molar-refractivity contribution in [2.75, 3.05) is 53.0 Å². The van der Waals surface area contributed by atoms with Gasteiger partial charge in [0.15, 0.2) is 0 Å². The quantitative estimate of drug-likeness (QED) is 0.774. The summed E-state index contributed by atoms with van der Waals surface area (Å²) in [6.45, 7) is 8.63. The molecule has 1 unspecified atom stereocenters. The first-order valence-electron chi connectivity index (χ1n) is 8.38. The Balaban J connectivity index is 1.74. The molecule has 6 heteroatoms. The van der Waals surface area contributed by atoms with Crippen molar-refractivity contribution in [3.05, 3.63) is 29.3 Å². The highest BCUT2D eigenvalue weighted by molar-refractivity contribution is 5.69. The molecule has 134 valence electrons. The summed E-state index contributed by atoms with van der Waals surface area (Å²) in [6, 6.07) is 6.23. The summed E-state index contributed by atoms with van der Waals surface area (Å²) in [6.07, 6.45) is 0.0452. The molecule has 1 aliphatic heterocycles. The lowest BCUT2D eigenvalue weighted by Gasteiger charge is -2.34. The average Bonchev–Trinajstić information content (AvgIpc) is 2.50. The first kappa shape index (κ1) is 18.7. The van der Waals surface area contributed by atoms with Gasteiger partial charge in [0, 0.05) is 26.2 Å². The molecule has 0 aromatic heterocycles. The fourth-order valence-electron chi connectivity index (χ4n) is 2.88.